The number of unbranched alkanes of at least 4 members (excludes halogenated alkanes) is 1. The fourth-order valence-electron chi connectivity index (χ4n) is 2.06. The van der Waals surface area contributed by atoms with Gasteiger partial charge < -0.3 is 24.8 Å². The molecule has 1 rings (SSSR count). The van der Waals surface area contributed by atoms with Crippen molar-refractivity contribution in [1.29, 1.82) is 0 Å². The maximum atomic E-state index is 5.56. The van der Waals surface area contributed by atoms with Gasteiger partial charge in [0.2, 0.25) is 5.88 Å². The van der Waals surface area contributed by atoms with Crippen LogP contribution in [0.1, 0.15) is 38.7 Å². The lowest BCUT2D eigenvalue weighted by molar-refractivity contribution is 0.129. The Morgan fingerprint density at radius 1 is 1.08 bits per heavy atom. The van der Waals surface area contributed by atoms with Gasteiger partial charge in [0.1, 0.15) is 6.61 Å². The van der Waals surface area contributed by atoms with Crippen LogP contribution in [0.5, 0.6) is 5.88 Å². The van der Waals surface area contributed by atoms with Crippen LogP contribution in [0, 0.1) is 0 Å². The Morgan fingerprint density at radius 2 is 1.92 bits per heavy atom. The monoisotopic (exact) mass is 366 g/mol. The zero-order valence-corrected chi connectivity index (χ0v) is 16.4. The van der Waals surface area contributed by atoms with E-state index in [4.69, 9.17) is 14.2 Å². The first-order valence-corrected chi connectivity index (χ1v) is 9.46. The molecule has 2 N–H and O–H groups in total. The molecule has 7 heteroatoms. The van der Waals surface area contributed by atoms with E-state index in [2.05, 4.69) is 34.5 Å². The molecule has 0 aliphatic rings. The van der Waals surface area contributed by atoms with Crippen molar-refractivity contribution in [2.75, 3.05) is 46.6 Å². The first-order chi connectivity index (χ1) is 12.8. The van der Waals surface area contributed by atoms with Crippen LogP contribution in [0.15, 0.2) is 23.3 Å². The van der Waals surface area contributed by atoms with Crippen molar-refractivity contribution < 1.29 is 14.2 Å². The predicted molar refractivity (Wildman–Crippen MR) is 105 cm³/mol. The molecule has 1 aromatic rings. The molecule has 0 unspecified atom stereocenters. The molecule has 0 aliphatic heterocycles. The van der Waals surface area contributed by atoms with Crippen LogP contribution in [-0.2, 0) is 16.0 Å². The molecule has 26 heavy (non-hydrogen) atoms. The number of ether oxygens (including phenoxy) is 3. The summed E-state index contributed by atoms with van der Waals surface area (Å²) in [4.78, 5) is 8.87. The van der Waals surface area contributed by atoms with Gasteiger partial charge in [0.15, 0.2) is 5.96 Å². The molecule has 0 bridgehead atoms. The second kappa shape index (κ2) is 15.4. The summed E-state index contributed by atoms with van der Waals surface area (Å²) in [5, 5.41) is 6.58. The molecule has 0 spiro atoms. The molecule has 0 radical (unpaired) electrons. The summed E-state index contributed by atoms with van der Waals surface area (Å²) < 4.78 is 16.0. The number of hydrogen-bond donors (Lipinski definition) is 2. The van der Waals surface area contributed by atoms with Crippen LogP contribution in [0.2, 0.25) is 0 Å². The summed E-state index contributed by atoms with van der Waals surface area (Å²) in [7, 11) is 1.65. The highest BCUT2D eigenvalue weighted by Gasteiger charge is 2.00. The van der Waals surface area contributed by atoms with Gasteiger partial charge in [-0.1, -0.05) is 19.4 Å². The summed E-state index contributed by atoms with van der Waals surface area (Å²) in [5.74, 6) is 1.41. The Morgan fingerprint density at radius 3 is 2.62 bits per heavy atom. The van der Waals surface area contributed by atoms with Gasteiger partial charge in [-0.05, 0) is 25.3 Å². The van der Waals surface area contributed by atoms with Gasteiger partial charge in [-0.15, -0.1) is 0 Å². The summed E-state index contributed by atoms with van der Waals surface area (Å²) in [6, 6.07) is 3.83. The van der Waals surface area contributed by atoms with Crippen molar-refractivity contribution in [2.24, 2.45) is 4.99 Å². The second-order valence-corrected chi connectivity index (χ2v) is 5.79. The smallest absolute Gasteiger partial charge is 0.213 e. The summed E-state index contributed by atoms with van der Waals surface area (Å²) in [6.45, 7) is 9.12. The Labute approximate surface area is 157 Å². The zero-order chi connectivity index (χ0) is 18.9. The maximum absolute atomic E-state index is 5.56. The van der Waals surface area contributed by atoms with E-state index in [-0.39, 0.29) is 0 Å². The highest BCUT2D eigenvalue weighted by atomic mass is 16.5. The SMILES string of the molecule is CCCCOCCCNC(=NCc1ccc(OCCOC)nc1)NCC. The van der Waals surface area contributed by atoms with Crippen LogP contribution in [0.25, 0.3) is 0 Å². The Hall–Kier alpha value is -1.86. The number of methoxy groups -OCH3 is 1. The Bertz CT molecular complexity index is 480. The van der Waals surface area contributed by atoms with Gasteiger partial charge >= 0.3 is 0 Å². The molecule has 0 atom stereocenters. The van der Waals surface area contributed by atoms with Gasteiger partial charge in [0, 0.05) is 45.7 Å². The van der Waals surface area contributed by atoms with Crippen LogP contribution in [0.3, 0.4) is 0 Å². The van der Waals surface area contributed by atoms with E-state index in [1.54, 1.807) is 13.3 Å². The summed E-state index contributed by atoms with van der Waals surface area (Å²) in [6.07, 6.45) is 5.05. The number of hydrogen-bond acceptors (Lipinski definition) is 5. The minimum absolute atomic E-state index is 0.498. The third-order valence-electron chi connectivity index (χ3n) is 3.50. The van der Waals surface area contributed by atoms with Crippen molar-refractivity contribution in [3.63, 3.8) is 0 Å². The molecule has 1 heterocycles. The van der Waals surface area contributed by atoms with Crippen molar-refractivity contribution in [1.82, 2.24) is 15.6 Å². The van der Waals surface area contributed by atoms with Crippen molar-refractivity contribution in [3.8, 4) is 5.88 Å². The fourth-order valence-corrected chi connectivity index (χ4v) is 2.06. The van der Waals surface area contributed by atoms with E-state index in [9.17, 15) is 0 Å². The van der Waals surface area contributed by atoms with Gasteiger partial charge in [0.25, 0.3) is 0 Å². The number of aliphatic imine (C=N–C) groups is 1. The van der Waals surface area contributed by atoms with Gasteiger partial charge in [0.05, 0.1) is 13.2 Å². The maximum Gasteiger partial charge on any atom is 0.213 e. The number of aromatic nitrogens is 1. The molecule has 0 aromatic carbocycles. The largest absolute Gasteiger partial charge is 0.475 e. The molecule has 0 saturated heterocycles. The minimum Gasteiger partial charge on any atom is -0.475 e. The third kappa shape index (κ3) is 10.9. The van der Waals surface area contributed by atoms with E-state index in [0.717, 1.165) is 50.7 Å². The number of guanidine groups is 1. The normalized spacial score (nSPS) is 11.4. The van der Waals surface area contributed by atoms with Crippen LogP contribution < -0.4 is 15.4 Å². The first kappa shape index (κ1) is 22.2. The van der Waals surface area contributed by atoms with Gasteiger partial charge in [-0.25, -0.2) is 9.98 Å². The minimum atomic E-state index is 0.498. The standard InChI is InChI=1S/C19H34N4O3/c1-4-6-11-25-12-7-10-21-19(20-5-2)23-16-17-8-9-18(22-15-17)26-14-13-24-3/h8-9,15H,4-7,10-14,16H2,1-3H3,(H2,20,21,23). The molecular weight excluding hydrogens is 332 g/mol. The highest BCUT2D eigenvalue weighted by Crippen LogP contribution is 2.08. The van der Waals surface area contributed by atoms with E-state index < -0.39 is 0 Å². The summed E-state index contributed by atoms with van der Waals surface area (Å²) >= 11 is 0. The van der Waals surface area contributed by atoms with Gasteiger partial charge in [-0.2, -0.15) is 0 Å². The average Bonchev–Trinajstić information content (AvgIpc) is 2.66. The van der Waals surface area contributed by atoms with Crippen LogP contribution >= 0.6 is 0 Å². The highest BCUT2D eigenvalue weighted by molar-refractivity contribution is 5.79. The third-order valence-corrected chi connectivity index (χ3v) is 3.50. The van der Waals surface area contributed by atoms with E-state index in [1.165, 1.54) is 6.42 Å². The van der Waals surface area contributed by atoms with E-state index in [1.807, 2.05) is 12.1 Å². The lowest BCUT2D eigenvalue weighted by atomic mass is 10.3. The van der Waals surface area contributed by atoms with Crippen LogP contribution in [0.4, 0.5) is 0 Å². The average molecular weight is 367 g/mol. The molecule has 7 nitrogen and oxygen atoms in total. The fraction of sp³-hybridized carbons (Fsp3) is 0.684. The molecule has 148 valence electrons. The number of nitrogens with one attached hydrogen (secondary N) is 2. The van der Waals surface area contributed by atoms with E-state index >= 15 is 0 Å². The molecular formula is C19H34N4O3. The van der Waals surface area contributed by atoms with Crippen molar-refractivity contribution >= 4 is 5.96 Å². The first-order valence-electron chi connectivity index (χ1n) is 9.46. The molecule has 1 aromatic heterocycles. The number of rotatable bonds is 14. The van der Waals surface area contributed by atoms with E-state index in [0.29, 0.717) is 25.6 Å². The van der Waals surface area contributed by atoms with Crippen LogP contribution in [-0.4, -0.2) is 57.6 Å². The molecule has 0 saturated carbocycles. The second-order valence-electron chi connectivity index (χ2n) is 5.79. The van der Waals surface area contributed by atoms with Gasteiger partial charge in [-0.3, -0.25) is 0 Å². The molecule has 0 aliphatic carbocycles. The molecule has 0 fully saturated rings. The number of nitrogens with zero attached hydrogens (tertiary/aromatic N) is 2. The lowest BCUT2D eigenvalue weighted by Gasteiger charge is -2.11. The zero-order valence-electron chi connectivity index (χ0n) is 16.4. The quantitative estimate of drug-likeness (QED) is 0.299. The predicted octanol–water partition coefficient (Wildman–Crippen LogP) is 2.37. The Kier molecular flexibility index (Phi) is 13.1. The number of pyridine rings is 1. The lowest BCUT2D eigenvalue weighted by Crippen LogP contribution is -2.38. The van der Waals surface area contributed by atoms with Crippen molar-refractivity contribution in [3.05, 3.63) is 23.9 Å². The topological polar surface area (TPSA) is 77.0 Å². The summed E-state index contributed by atoms with van der Waals surface area (Å²) in [5.41, 5.74) is 1.03. The Balaban J connectivity index is 2.33. The van der Waals surface area contributed by atoms with Crippen molar-refractivity contribution in [2.45, 2.75) is 39.7 Å². The molecule has 0 amide bonds.